The Kier molecular flexibility index (Phi) is 6.07. The van der Waals surface area contributed by atoms with Gasteiger partial charge in [0.05, 0.1) is 24.6 Å². The van der Waals surface area contributed by atoms with Gasteiger partial charge in [0.15, 0.2) is 0 Å². The summed E-state index contributed by atoms with van der Waals surface area (Å²) in [4.78, 5) is 14.7. The Labute approximate surface area is 161 Å². The van der Waals surface area contributed by atoms with Crippen molar-refractivity contribution in [3.05, 3.63) is 64.4 Å². The van der Waals surface area contributed by atoms with Crippen LogP contribution in [0.25, 0.3) is 6.08 Å². The van der Waals surface area contributed by atoms with Gasteiger partial charge in [0.1, 0.15) is 17.5 Å². The first-order valence-corrected chi connectivity index (χ1v) is 8.76. The third kappa shape index (κ3) is 4.64. The van der Waals surface area contributed by atoms with Crippen molar-refractivity contribution >= 4 is 35.0 Å². The molecule has 27 heavy (non-hydrogen) atoms. The molecule has 1 amide bonds. The molecule has 0 aromatic heterocycles. The van der Waals surface area contributed by atoms with Crippen LogP contribution in [0.1, 0.15) is 5.56 Å². The monoisotopic (exact) mass is 385 g/mol. The summed E-state index contributed by atoms with van der Waals surface area (Å²) in [5, 5.41) is 12.5. The number of nitrogens with one attached hydrogen (secondary N) is 1. The number of amides is 1. The molecule has 1 aliphatic rings. The Morgan fingerprint density at radius 1 is 1.26 bits per heavy atom. The van der Waals surface area contributed by atoms with Crippen LogP contribution >= 0.6 is 11.6 Å². The second-order valence-corrected chi connectivity index (χ2v) is 6.34. The summed E-state index contributed by atoms with van der Waals surface area (Å²) in [5.74, 6) is -1.13. The Bertz CT molecular complexity index is 918. The Morgan fingerprint density at radius 2 is 2.00 bits per heavy atom. The van der Waals surface area contributed by atoms with Crippen LogP contribution in [0.3, 0.4) is 0 Å². The second-order valence-electron chi connectivity index (χ2n) is 5.91. The average molecular weight is 386 g/mol. The lowest BCUT2D eigenvalue weighted by Crippen LogP contribution is -2.36. The molecule has 7 heteroatoms. The molecular formula is C20H17ClFN3O2. The van der Waals surface area contributed by atoms with Crippen LogP contribution in [0.2, 0.25) is 5.02 Å². The highest BCUT2D eigenvalue weighted by Gasteiger charge is 2.18. The van der Waals surface area contributed by atoms with Crippen LogP contribution in [-0.2, 0) is 9.53 Å². The van der Waals surface area contributed by atoms with Gasteiger partial charge in [-0.05, 0) is 30.3 Å². The highest BCUT2D eigenvalue weighted by Crippen LogP contribution is 2.30. The number of nitriles is 1. The number of anilines is 2. The van der Waals surface area contributed by atoms with Crippen molar-refractivity contribution in [1.29, 1.82) is 5.26 Å². The van der Waals surface area contributed by atoms with Crippen molar-refractivity contribution in [1.82, 2.24) is 0 Å². The number of carbonyl (C=O) groups excluding carboxylic acids is 1. The Hall–Kier alpha value is -2.88. The third-order valence-corrected chi connectivity index (χ3v) is 4.36. The standard InChI is InChI=1S/C20H17ClFN3O2/c21-16-5-6-19(25-7-9-27-10-8-25)18(12-16)24-20(26)15(13-23)11-14-3-1-2-4-17(14)22/h1-6,11-12H,7-10H2,(H,24,26)/b15-11+. The van der Waals surface area contributed by atoms with Crippen molar-refractivity contribution in [2.24, 2.45) is 0 Å². The van der Waals surface area contributed by atoms with E-state index in [1.54, 1.807) is 24.3 Å². The maximum Gasteiger partial charge on any atom is 0.266 e. The molecular weight excluding hydrogens is 369 g/mol. The number of hydrogen-bond donors (Lipinski definition) is 1. The lowest BCUT2D eigenvalue weighted by molar-refractivity contribution is -0.112. The van der Waals surface area contributed by atoms with Gasteiger partial charge in [-0.1, -0.05) is 29.8 Å². The summed E-state index contributed by atoms with van der Waals surface area (Å²) in [6, 6.07) is 13.0. The number of morpholine rings is 1. The van der Waals surface area contributed by atoms with E-state index in [0.717, 1.165) is 5.69 Å². The lowest BCUT2D eigenvalue weighted by Gasteiger charge is -2.30. The molecule has 0 saturated carbocycles. The molecule has 1 saturated heterocycles. The molecule has 1 heterocycles. The largest absolute Gasteiger partial charge is 0.378 e. The smallest absolute Gasteiger partial charge is 0.266 e. The number of rotatable bonds is 4. The fraction of sp³-hybridized carbons (Fsp3) is 0.200. The van der Waals surface area contributed by atoms with Crippen molar-refractivity contribution < 1.29 is 13.9 Å². The van der Waals surface area contributed by atoms with E-state index in [2.05, 4.69) is 10.2 Å². The van der Waals surface area contributed by atoms with E-state index in [1.165, 1.54) is 18.2 Å². The minimum atomic E-state index is -0.627. The number of ether oxygens (including phenoxy) is 1. The first kappa shape index (κ1) is 18.9. The molecule has 0 radical (unpaired) electrons. The number of benzene rings is 2. The molecule has 5 nitrogen and oxygen atoms in total. The van der Waals surface area contributed by atoms with Crippen molar-refractivity contribution in [3.63, 3.8) is 0 Å². The minimum Gasteiger partial charge on any atom is -0.378 e. The van der Waals surface area contributed by atoms with E-state index in [0.29, 0.717) is 37.0 Å². The first-order chi connectivity index (χ1) is 13.1. The highest BCUT2D eigenvalue weighted by atomic mass is 35.5. The minimum absolute atomic E-state index is 0.170. The van der Waals surface area contributed by atoms with Crippen LogP contribution in [0, 0.1) is 17.1 Å². The lowest BCUT2D eigenvalue weighted by atomic mass is 10.1. The Balaban J connectivity index is 1.87. The molecule has 0 bridgehead atoms. The van der Waals surface area contributed by atoms with E-state index >= 15 is 0 Å². The van der Waals surface area contributed by atoms with Crippen LogP contribution in [0.5, 0.6) is 0 Å². The van der Waals surface area contributed by atoms with E-state index in [-0.39, 0.29) is 11.1 Å². The summed E-state index contributed by atoms with van der Waals surface area (Å²) in [6.07, 6.45) is 1.23. The summed E-state index contributed by atoms with van der Waals surface area (Å²) < 4.78 is 19.2. The van der Waals surface area contributed by atoms with Gasteiger partial charge in [-0.25, -0.2) is 4.39 Å². The predicted molar refractivity (Wildman–Crippen MR) is 103 cm³/mol. The Morgan fingerprint density at radius 3 is 2.70 bits per heavy atom. The average Bonchev–Trinajstić information content (AvgIpc) is 2.68. The summed E-state index contributed by atoms with van der Waals surface area (Å²) in [7, 11) is 0. The maximum atomic E-state index is 13.8. The van der Waals surface area contributed by atoms with Crippen LogP contribution in [-0.4, -0.2) is 32.2 Å². The van der Waals surface area contributed by atoms with Crippen molar-refractivity contribution in [2.75, 3.05) is 36.5 Å². The van der Waals surface area contributed by atoms with E-state index in [9.17, 15) is 14.4 Å². The predicted octanol–water partition coefficient (Wildman–Crippen LogP) is 3.86. The quantitative estimate of drug-likeness (QED) is 0.641. The molecule has 1 aliphatic heterocycles. The maximum absolute atomic E-state index is 13.8. The molecule has 3 rings (SSSR count). The molecule has 0 aliphatic carbocycles. The van der Waals surface area contributed by atoms with Crippen LogP contribution < -0.4 is 10.2 Å². The van der Waals surface area contributed by atoms with E-state index < -0.39 is 11.7 Å². The van der Waals surface area contributed by atoms with E-state index in [4.69, 9.17) is 16.3 Å². The van der Waals surface area contributed by atoms with Crippen LogP contribution in [0.15, 0.2) is 48.0 Å². The number of nitrogens with zero attached hydrogens (tertiary/aromatic N) is 2. The first-order valence-electron chi connectivity index (χ1n) is 8.38. The van der Waals surface area contributed by atoms with Gasteiger partial charge in [0.2, 0.25) is 0 Å². The third-order valence-electron chi connectivity index (χ3n) is 4.13. The molecule has 1 N–H and O–H groups in total. The van der Waals surface area contributed by atoms with Gasteiger partial charge < -0.3 is 15.0 Å². The fourth-order valence-corrected chi connectivity index (χ4v) is 2.95. The topological polar surface area (TPSA) is 65.4 Å². The normalized spacial score (nSPS) is 14.6. The van der Waals surface area contributed by atoms with Gasteiger partial charge >= 0.3 is 0 Å². The summed E-state index contributed by atoms with van der Waals surface area (Å²) in [5.41, 5.74) is 1.25. The van der Waals surface area contributed by atoms with Gasteiger partial charge in [0.25, 0.3) is 5.91 Å². The molecule has 138 valence electrons. The van der Waals surface area contributed by atoms with Crippen molar-refractivity contribution in [3.8, 4) is 6.07 Å². The number of hydrogen-bond acceptors (Lipinski definition) is 4. The summed E-state index contributed by atoms with van der Waals surface area (Å²) in [6.45, 7) is 2.54. The molecule has 0 atom stereocenters. The van der Waals surface area contributed by atoms with Crippen molar-refractivity contribution in [2.45, 2.75) is 0 Å². The molecule has 0 spiro atoms. The molecule has 0 unspecified atom stereocenters. The summed E-state index contributed by atoms with van der Waals surface area (Å²) >= 11 is 6.08. The molecule has 1 fully saturated rings. The highest BCUT2D eigenvalue weighted by molar-refractivity contribution is 6.31. The zero-order chi connectivity index (χ0) is 19.2. The van der Waals surface area contributed by atoms with E-state index in [1.807, 2.05) is 12.1 Å². The number of halogens is 2. The zero-order valence-electron chi connectivity index (χ0n) is 14.4. The number of carbonyl (C=O) groups is 1. The van der Waals surface area contributed by atoms with Gasteiger partial charge in [-0.15, -0.1) is 0 Å². The molecule has 2 aromatic carbocycles. The van der Waals surface area contributed by atoms with Gasteiger partial charge in [-0.2, -0.15) is 5.26 Å². The van der Waals surface area contributed by atoms with Gasteiger partial charge in [0, 0.05) is 23.7 Å². The SMILES string of the molecule is N#C/C(=C\c1ccccc1F)C(=O)Nc1cc(Cl)ccc1N1CCOCC1. The second kappa shape index (κ2) is 8.67. The molecule has 2 aromatic rings. The van der Waals surface area contributed by atoms with Crippen LogP contribution in [0.4, 0.5) is 15.8 Å². The zero-order valence-corrected chi connectivity index (χ0v) is 15.2. The fourth-order valence-electron chi connectivity index (χ4n) is 2.77. The van der Waals surface area contributed by atoms with Gasteiger partial charge in [-0.3, -0.25) is 4.79 Å².